The number of rotatable bonds is 4. The van der Waals surface area contributed by atoms with E-state index >= 15 is 0 Å². The second-order valence-electron chi connectivity index (χ2n) is 5.40. The molecule has 0 unspecified atom stereocenters. The van der Waals surface area contributed by atoms with Gasteiger partial charge in [0.15, 0.2) is 0 Å². The molecule has 6 nitrogen and oxygen atoms in total. The van der Waals surface area contributed by atoms with Crippen molar-refractivity contribution in [1.29, 1.82) is 10.5 Å². The molecule has 0 amide bonds. The number of nitrogens with zero attached hydrogens (tertiary/aromatic N) is 4. The molecule has 0 bridgehead atoms. The van der Waals surface area contributed by atoms with Crippen molar-refractivity contribution in [2.75, 3.05) is 5.73 Å². The van der Waals surface area contributed by atoms with Crippen LogP contribution >= 0.6 is 0 Å². The Kier molecular flexibility index (Phi) is 4.91. The van der Waals surface area contributed by atoms with Crippen LogP contribution in [0.3, 0.4) is 0 Å². The van der Waals surface area contributed by atoms with Crippen LogP contribution in [-0.2, 0) is 6.61 Å². The smallest absolute Gasteiger partial charge is 0.234 e. The molecule has 0 radical (unpaired) electrons. The lowest BCUT2D eigenvalue weighted by Gasteiger charge is -2.14. The van der Waals surface area contributed by atoms with E-state index in [9.17, 15) is 19.3 Å². The molecule has 8 heteroatoms. The zero-order valence-electron chi connectivity index (χ0n) is 13.8. The molecule has 0 aliphatic heterocycles. The van der Waals surface area contributed by atoms with Gasteiger partial charge in [-0.05, 0) is 18.2 Å². The number of anilines is 1. The number of pyridine rings is 2. The first kappa shape index (κ1) is 17.8. The predicted octanol–water partition coefficient (Wildman–Crippen LogP) is 3.33. The number of nitriles is 2. The molecule has 3 rings (SSSR count). The molecular weight excluding hydrogens is 352 g/mol. The van der Waals surface area contributed by atoms with Crippen LogP contribution in [0.2, 0.25) is 0 Å². The number of hydrogen-bond donors (Lipinski definition) is 1. The van der Waals surface area contributed by atoms with E-state index in [1.54, 1.807) is 30.6 Å². The Morgan fingerprint density at radius 2 is 1.70 bits per heavy atom. The topological polar surface area (TPSA) is 109 Å². The number of benzene rings is 1. The molecule has 27 heavy (non-hydrogen) atoms. The highest BCUT2D eigenvalue weighted by Crippen LogP contribution is 2.37. The predicted molar refractivity (Wildman–Crippen MR) is 92.0 cm³/mol. The van der Waals surface area contributed by atoms with Gasteiger partial charge in [-0.25, -0.2) is 8.78 Å². The van der Waals surface area contributed by atoms with Crippen molar-refractivity contribution in [3.63, 3.8) is 0 Å². The lowest BCUT2D eigenvalue weighted by Crippen LogP contribution is -2.07. The largest absolute Gasteiger partial charge is 0.472 e. The number of halogens is 2. The third-order valence-corrected chi connectivity index (χ3v) is 3.73. The molecule has 2 heterocycles. The van der Waals surface area contributed by atoms with E-state index in [-0.39, 0.29) is 35.0 Å². The first-order chi connectivity index (χ1) is 13.1. The summed E-state index contributed by atoms with van der Waals surface area (Å²) in [4.78, 5) is 7.86. The van der Waals surface area contributed by atoms with Crippen LogP contribution in [0.25, 0.3) is 11.1 Å². The maximum Gasteiger partial charge on any atom is 0.234 e. The van der Waals surface area contributed by atoms with Gasteiger partial charge < -0.3 is 10.5 Å². The fraction of sp³-hybridized carbons (Fsp3) is 0.0526. The van der Waals surface area contributed by atoms with Gasteiger partial charge in [0, 0.05) is 23.5 Å². The molecule has 0 saturated heterocycles. The summed E-state index contributed by atoms with van der Waals surface area (Å²) < 4.78 is 34.2. The Labute approximate surface area is 153 Å². The second kappa shape index (κ2) is 7.46. The van der Waals surface area contributed by atoms with Crippen molar-refractivity contribution in [3.8, 4) is 29.1 Å². The van der Waals surface area contributed by atoms with E-state index in [1.807, 2.05) is 6.07 Å². The minimum absolute atomic E-state index is 0.0000538. The number of ether oxygens (including phenoxy) is 1. The van der Waals surface area contributed by atoms with Gasteiger partial charge in [-0.2, -0.15) is 15.5 Å². The van der Waals surface area contributed by atoms with E-state index in [1.165, 1.54) is 6.07 Å². The summed E-state index contributed by atoms with van der Waals surface area (Å²) >= 11 is 0. The standard InChI is InChI=1S/C19H11F2N5O/c20-14-4-1-5-15(21)17(14)16-12(7-22)18(24)26-19(13(16)8-23)27-10-11-3-2-6-25-9-11/h1-6,9H,10H2,(H2,24,26). The van der Waals surface area contributed by atoms with Crippen LogP contribution in [0.15, 0.2) is 42.7 Å². The number of nitrogen functional groups attached to an aromatic ring is 1. The van der Waals surface area contributed by atoms with E-state index < -0.39 is 17.2 Å². The highest BCUT2D eigenvalue weighted by molar-refractivity contribution is 5.83. The van der Waals surface area contributed by atoms with E-state index in [2.05, 4.69) is 9.97 Å². The highest BCUT2D eigenvalue weighted by atomic mass is 19.1. The van der Waals surface area contributed by atoms with Crippen molar-refractivity contribution in [1.82, 2.24) is 9.97 Å². The van der Waals surface area contributed by atoms with Gasteiger partial charge in [0.2, 0.25) is 5.88 Å². The summed E-state index contributed by atoms with van der Waals surface area (Å²) in [5, 5.41) is 19.0. The fourth-order valence-electron chi connectivity index (χ4n) is 2.52. The Morgan fingerprint density at radius 1 is 1.00 bits per heavy atom. The number of nitrogens with two attached hydrogens (primary N) is 1. The third kappa shape index (κ3) is 3.37. The van der Waals surface area contributed by atoms with Crippen molar-refractivity contribution >= 4 is 5.82 Å². The van der Waals surface area contributed by atoms with Crippen molar-refractivity contribution in [2.24, 2.45) is 0 Å². The van der Waals surface area contributed by atoms with Gasteiger partial charge in [-0.3, -0.25) is 4.98 Å². The summed E-state index contributed by atoms with van der Waals surface area (Å²) in [7, 11) is 0. The first-order valence-electron chi connectivity index (χ1n) is 7.66. The summed E-state index contributed by atoms with van der Waals surface area (Å²) in [6.07, 6.45) is 3.14. The van der Waals surface area contributed by atoms with Crippen molar-refractivity contribution in [2.45, 2.75) is 6.61 Å². The van der Waals surface area contributed by atoms with Gasteiger partial charge >= 0.3 is 0 Å². The maximum atomic E-state index is 14.3. The summed E-state index contributed by atoms with van der Waals surface area (Å²) in [5.74, 6) is -2.40. The zero-order chi connectivity index (χ0) is 19.4. The van der Waals surface area contributed by atoms with Crippen LogP contribution in [0.1, 0.15) is 16.7 Å². The molecule has 0 saturated carbocycles. The summed E-state index contributed by atoms with van der Waals surface area (Å²) in [5.41, 5.74) is 5.06. The second-order valence-corrected chi connectivity index (χ2v) is 5.40. The minimum Gasteiger partial charge on any atom is -0.472 e. The molecule has 2 aromatic heterocycles. The first-order valence-corrected chi connectivity index (χ1v) is 7.66. The molecule has 2 N–H and O–H groups in total. The molecule has 0 aliphatic carbocycles. The molecule has 0 fully saturated rings. The molecule has 132 valence electrons. The Bertz CT molecular complexity index is 1070. The van der Waals surface area contributed by atoms with Gasteiger partial charge in [0.1, 0.15) is 47.3 Å². The third-order valence-electron chi connectivity index (χ3n) is 3.73. The Morgan fingerprint density at radius 3 is 2.30 bits per heavy atom. The maximum absolute atomic E-state index is 14.3. The van der Waals surface area contributed by atoms with E-state index in [0.717, 1.165) is 12.1 Å². The SMILES string of the molecule is N#Cc1c(N)nc(OCc2cccnc2)c(C#N)c1-c1c(F)cccc1F. The van der Waals surface area contributed by atoms with Crippen LogP contribution in [0, 0.1) is 34.3 Å². The molecule has 1 aromatic carbocycles. The van der Waals surface area contributed by atoms with E-state index in [0.29, 0.717) is 5.56 Å². The van der Waals surface area contributed by atoms with Crippen LogP contribution in [0.5, 0.6) is 5.88 Å². The van der Waals surface area contributed by atoms with Gasteiger partial charge in [0.25, 0.3) is 0 Å². The fourth-order valence-corrected chi connectivity index (χ4v) is 2.52. The van der Waals surface area contributed by atoms with Crippen molar-refractivity contribution in [3.05, 3.63) is 71.1 Å². The molecule has 0 aliphatic rings. The van der Waals surface area contributed by atoms with Gasteiger partial charge in [0.05, 0.1) is 5.56 Å². The van der Waals surface area contributed by atoms with Crippen LogP contribution in [-0.4, -0.2) is 9.97 Å². The summed E-state index contributed by atoms with van der Waals surface area (Å²) in [6.45, 7) is 0.0000538. The zero-order valence-corrected chi connectivity index (χ0v) is 13.8. The normalized spacial score (nSPS) is 10.1. The number of hydrogen-bond acceptors (Lipinski definition) is 6. The van der Waals surface area contributed by atoms with Gasteiger partial charge in [-0.15, -0.1) is 0 Å². The highest BCUT2D eigenvalue weighted by Gasteiger charge is 2.25. The molecule has 3 aromatic rings. The lowest BCUT2D eigenvalue weighted by atomic mass is 9.95. The minimum atomic E-state index is -0.938. The Hall–Kier alpha value is -4.04. The summed E-state index contributed by atoms with van der Waals surface area (Å²) in [6, 6.07) is 10.2. The quantitative estimate of drug-likeness (QED) is 0.761. The average molecular weight is 363 g/mol. The Balaban J connectivity index is 2.19. The molecule has 0 atom stereocenters. The molecular formula is C19H11F2N5O. The van der Waals surface area contributed by atoms with Crippen LogP contribution in [0.4, 0.5) is 14.6 Å². The van der Waals surface area contributed by atoms with Crippen LogP contribution < -0.4 is 10.5 Å². The average Bonchev–Trinajstić information content (AvgIpc) is 2.67. The lowest BCUT2D eigenvalue weighted by molar-refractivity contribution is 0.293. The van der Waals surface area contributed by atoms with Crippen molar-refractivity contribution < 1.29 is 13.5 Å². The molecule has 0 spiro atoms. The van der Waals surface area contributed by atoms with E-state index in [4.69, 9.17) is 10.5 Å². The number of aromatic nitrogens is 2. The monoisotopic (exact) mass is 363 g/mol. The van der Waals surface area contributed by atoms with Gasteiger partial charge in [-0.1, -0.05) is 12.1 Å².